The van der Waals surface area contributed by atoms with Crippen LogP contribution in [-0.2, 0) is 20.9 Å². The zero-order valence-electron chi connectivity index (χ0n) is 20.1. The molecule has 0 spiro atoms. The summed E-state index contributed by atoms with van der Waals surface area (Å²) in [7, 11) is -4.04. The Morgan fingerprint density at radius 3 is 2.73 bits per heavy atom. The van der Waals surface area contributed by atoms with Gasteiger partial charge in [0, 0.05) is 5.92 Å². The fourth-order valence-corrected chi connectivity index (χ4v) is 7.26. The number of hydrogen-bond acceptors (Lipinski definition) is 8. The number of nitrogens with zero attached hydrogens (tertiary/aromatic N) is 2. The van der Waals surface area contributed by atoms with Crippen LogP contribution >= 0.6 is 11.3 Å². The summed E-state index contributed by atoms with van der Waals surface area (Å²) in [5, 5.41) is 21.2. The molecule has 0 aliphatic heterocycles. The Hall–Kier alpha value is -2.89. The predicted octanol–water partition coefficient (Wildman–Crippen LogP) is 4.53. The van der Waals surface area contributed by atoms with Crippen molar-refractivity contribution < 1.29 is 17.7 Å². The maximum Gasteiger partial charge on any atom is 0.333 e. The van der Waals surface area contributed by atoms with Crippen molar-refractivity contribution in [3.05, 3.63) is 76.9 Å². The Labute approximate surface area is 219 Å². The van der Waals surface area contributed by atoms with Crippen LogP contribution < -0.4 is 10.5 Å². The summed E-state index contributed by atoms with van der Waals surface area (Å²) in [5.41, 5.74) is 7.15. The molecule has 2 aliphatic carbocycles. The lowest BCUT2D eigenvalue weighted by Crippen LogP contribution is -2.24. The van der Waals surface area contributed by atoms with Gasteiger partial charge in [-0.3, -0.25) is 4.18 Å². The van der Waals surface area contributed by atoms with Crippen LogP contribution in [0.5, 0.6) is 0 Å². The molecule has 0 saturated heterocycles. The van der Waals surface area contributed by atoms with Gasteiger partial charge in [-0.2, -0.15) is 8.42 Å². The molecule has 8 nitrogen and oxygen atoms in total. The largest absolute Gasteiger partial charge is 0.393 e. The lowest BCUT2D eigenvalue weighted by Gasteiger charge is -2.16. The summed E-state index contributed by atoms with van der Waals surface area (Å²) in [4.78, 5) is 9.17. The van der Waals surface area contributed by atoms with Crippen LogP contribution in [0.2, 0.25) is 0 Å². The van der Waals surface area contributed by atoms with Gasteiger partial charge in [0.1, 0.15) is 12.1 Å². The van der Waals surface area contributed by atoms with Crippen LogP contribution in [-0.4, -0.2) is 36.2 Å². The van der Waals surface area contributed by atoms with Gasteiger partial charge in [0.25, 0.3) is 0 Å². The first kappa shape index (κ1) is 24.4. The lowest BCUT2D eigenvalue weighted by molar-refractivity contribution is 0.101. The van der Waals surface area contributed by atoms with Crippen molar-refractivity contribution in [3.8, 4) is 11.1 Å². The number of thiophene rings is 1. The Kier molecular flexibility index (Phi) is 6.46. The predicted molar refractivity (Wildman–Crippen MR) is 145 cm³/mol. The number of hydrogen-bond donors (Lipinski definition) is 3. The topological polar surface area (TPSA) is 127 Å². The molecule has 6 rings (SSSR count). The smallest absolute Gasteiger partial charge is 0.333 e. The highest BCUT2D eigenvalue weighted by Crippen LogP contribution is 2.45. The van der Waals surface area contributed by atoms with Crippen LogP contribution in [0.25, 0.3) is 21.3 Å². The van der Waals surface area contributed by atoms with Gasteiger partial charge in [-0.25, -0.2) is 15.1 Å². The highest BCUT2D eigenvalue weighted by atomic mass is 32.2. The van der Waals surface area contributed by atoms with E-state index in [1.54, 1.807) is 17.7 Å². The number of benzene rings is 2. The van der Waals surface area contributed by atoms with Gasteiger partial charge < -0.3 is 10.4 Å². The van der Waals surface area contributed by atoms with E-state index in [9.17, 15) is 13.5 Å². The molecule has 2 heterocycles. The number of aliphatic hydroxyl groups is 1. The maximum atomic E-state index is 11.2. The summed E-state index contributed by atoms with van der Waals surface area (Å²) in [6.45, 7) is -0.119. The molecule has 0 bridgehead atoms. The van der Waals surface area contributed by atoms with Gasteiger partial charge in [0.15, 0.2) is 0 Å². The molecular weight excluding hydrogens is 508 g/mol. The highest BCUT2D eigenvalue weighted by Gasteiger charge is 2.36. The van der Waals surface area contributed by atoms with Gasteiger partial charge in [-0.1, -0.05) is 48.5 Å². The van der Waals surface area contributed by atoms with Crippen LogP contribution in [0.15, 0.2) is 60.2 Å². The van der Waals surface area contributed by atoms with Crippen LogP contribution in [0, 0.1) is 5.92 Å². The Balaban J connectivity index is 1.24. The standard InChI is InChI=1S/C27H28N4O4S2/c28-37(33,34)35-13-18-11-17(12-24(18)32)22-14-36-26-25(22)29-15-30-27(26)31-23-10-9-20-19(7-4-8-21(20)23)16-5-2-1-3-6-16/h1-8,14-15,17-18,23-24,32H,9-13H2,(H2,28,33,34)(H,29,30,31)/t17-,18+,23?,24+/m1/s1. The van der Waals surface area contributed by atoms with Gasteiger partial charge in [-0.05, 0) is 64.8 Å². The van der Waals surface area contributed by atoms with Crippen LogP contribution in [0.1, 0.15) is 47.9 Å². The minimum atomic E-state index is -4.04. The summed E-state index contributed by atoms with van der Waals surface area (Å²) in [6.07, 6.45) is 4.05. The van der Waals surface area contributed by atoms with E-state index >= 15 is 0 Å². The maximum absolute atomic E-state index is 11.2. The molecule has 192 valence electrons. The molecule has 2 aromatic heterocycles. The average molecular weight is 537 g/mol. The molecular formula is C27H28N4O4S2. The van der Waals surface area contributed by atoms with Crippen molar-refractivity contribution in [1.29, 1.82) is 0 Å². The summed E-state index contributed by atoms with van der Waals surface area (Å²) in [6, 6.07) is 17.2. The number of nitrogens with one attached hydrogen (secondary N) is 1. The van der Waals surface area contributed by atoms with Crippen molar-refractivity contribution in [2.24, 2.45) is 11.1 Å². The zero-order chi connectivity index (χ0) is 25.6. The third kappa shape index (κ3) is 4.87. The van der Waals surface area contributed by atoms with Crippen molar-refractivity contribution in [2.45, 2.75) is 43.7 Å². The quantitative estimate of drug-likeness (QED) is 0.317. The van der Waals surface area contributed by atoms with Crippen molar-refractivity contribution in [3.63, 3.8) is 0 Å². The Morgan fingerprint density at radius 2 is 1.92 bits per heavy atom. The second-order valence-corrected chi connectivity index (χ2v) is 11.9. The Bertz CT molecular complexity index is 1540. The van der Waals surface area contributed by atoms with E-state index in [2.05, 4.69) is 63.1 Å². The van der Waals surface area contributed by atoms with E-state index in [4.69, 9.17) is 9.32 Å². The summed E-state index contributed by atoms with van der Waals surface area (Å²) < 4.78 is 28.1. The molecule has 37 heavy (non-hydrogen) atoms. The SMILES string of the molecule is NS(=O)(=O)OC[C@@H]1C[C@@H](c2csc3c(NC4CCc5c(-c6ccccc6)cccc54)ncnc23)C[C@@H]1O. The number of anilines is 1. The van der Waals surface area contributed by atoms with E-state index in [1.807, 2.05) is 6.07 Å². The molecule has 2 aromatic carbocycles. The number of aromatic nitrogens is 2. The molecule has 0 radical (unpaired) electrons. The van der Waals surface area contributed by atoms with E-state index < -0.39 is 16.4 Å². The van der Waals surface area contributed by atoms with Crippen molar-refractivity contribution in [1.82, 2.24) is 9.97 Å². The van der Waals surface area contributed by atoms with Gasteiger partial charge in [0.2, 0.25) is 0 Å². The lowest BCUT2D eigenvalue weighted by atomic mass is 9.96. The zero-order valence-corrected chi connectivity index (χ0v) is 21.7. The first-order valence-electron chi connectivity index (χ1n) is 12.4. The van der Waals surface area contributed by atoms with Crippen LogP contribution in [0.4, 0.5) is 5.82 Å². The minimum Gasteiger partial charge on any atom is -0.393 e. The van der Waals surface area contributed by atoms with E-state index in [-0.39, 0.29) is 24.5 Å². The number of rotatable bonds is 7. The molecule has 4 atom stereocenters. The van der Waals surface area contributed by atoms with Crippen LogP contribution in [0.3, 0.4) is 0 Å². The van der Waals surface area contributed by atoms with E-state index in [0.717, 1.165) is 34.4 Å². The molecule has 1 fully saturated rings. The minimum absolute atomic E-state index is 0.0567. The molecule has 4 aromatic rings. The van der Waals surface area contributed by atoms with E-state index in [0.29, 0.717) is 12.8 Å². The molecule has 0 amide bonds. The van der Waals surface area contributed by atoms with E-state index in [1.165, 1.54) is 22.3 Å². The number of fused-ring (bicyclic) bond motifs is 2. The molecule has 2 aliphatic rings. The number of nitrogens with two attached hydrogens (primary N) is 1. The third-order valence-corrected chi connectivity index (χ3v) is 9.05. The molecule has 10 heteroatoms. The first-order valence-corrected chi connectivity index (χ1v) is 14.7. The molecule has 1 unspecified atom stereocenters. The average Bonchev–Trinajstić information content (AvgIpc) is 3.60. The Morgan fingerprint density at radius 1 is 1.08 bits per heavy atom. The summed E-state index contributed by atoms with van der Waals surface area (Å²) >= 11 is 1.60. The second kappa shape index (κ2) is 9.77. The number of aliphatic hydroxyl groups excluding tert-OH is 1. The van der Waals surface area contributed by atoms with Gasteiger partial charge >= 0.3 is 10.3 Å². The highest BCUT2D eigenvalue weighted by molar-refractivity contribution is 7.84. The molecule has 1 saturated carbocycles. The first-order chi connectivity index (χ1) is 17.9. The van der Waals surface area contributed by atoms with Gasteiger partial charge in [0.05, 0.1) is 29.0 Å². The van der Waals surface area contributed by atoms with Gasteiger partial charge in [-0.15, -0.1) is 11.3 Å². The summed E-state index contributed by atoms with van der Waals surface area (Å²) in [5.74, 6) is 0.574. The normalized spacial score (nSPS) is 23.4. The third-order valence-electron chi connectivity index (χ3n) is 7.59. The fraction of sp³-hybridized carbons (Fsp3) is 0.333. The van der Waals surface area contributed by atoms with Crippen molar-refractivity contribution >= 4 is 37.7 Å². The molecule has 4 N–H and O–H groups in total. The van der Waals surface area contributed by atoms with Crippen molar-refractivity contribution in [2.75, 3.05) is 11.9 Å². The fourth-order valence-electron chi connectivity index (χ4n) is 5.84. The monoisotopic (exact) mass is 536 g/mol. The second-order valence-electron chi connectivity index (χ2n) is 9.84.